The molecule has 0 saturated heterocycles. The summed E-state index contributed by atoms with van der Waals surface area (Å²) in [6.45, 7) is 2.62. The highest BCUT2D eigenvalue weighted by molar-refractivity contribution is 5.96. The summed E-state index contributed by atoms with van der Waals surface area (Å²) in [5.74, 6) is 0.803. The fourth-order valence-electron chi connectivity index (χ4n) is 4.42. The topological polar surface area (TPSA) is 72.8 Å². The van der Waals surface area contributed by atoms with Gasteiger partial charge in [-0.25, -0.2) is 0 Å². The molecule has 2 aromatic heterocycles. The quantitative estimate of drug-likeness (QED) is 0.258. The Bertz CT molecular complexity index is 1440. The van der Waals surface area contributed by atoms with Crippen molar-refractivity contribution < 1.29 is 23.5 Å². The molecule has 0 fully saturated rings. The molecule has 0 spiro atoms. The molecule has 5 heteroatoms. The van der Waals surface area contributed by atoms with E-state index in [1.165, 1.54) is 0 Å². The zero-order chi connectivity index (χ0) is 23.5. The van der Waals surface area contributed by atoms with Gasteiger partial charge in [0.2, 0.25) is 0 Å². The van der Waals surface area contributed by atoms with E-state index in [2.05, 4.69) is 25.1 Å². The maximum absolute atomic E-state index is 11.0. The molecule has 0 radical (unpaired) electrons. The lowest BCUT2D eigenvalue weighted by atomic mass is 10.0. The molecule has 0 saturated carbocycles. The molecule has 1 N–H and O–H groups in total. The van der Waals surface area contributed by atoms with Crippen molar-refractivity contribution in [1.29, 1.82) is 0 Å². The van der Waals surface area contributed by atoms with Crippen LogP contribution in [0.5, 0.6) is 5.75 Å². The number of furan rings is 2. The van der Waals surface area contributed by atoms with Gasteiger partial charge in [-0.05, 0) is 47.9 Å². The van der Waals surface area contributed by atoms with E-state index >= 15 is 0 Å². The molecule has 172 valence electrons. The number of carboxylic acids is 1. The van der Waals surface area contributed by atoms with Crippen LogP contribution in [0.1, 0.15) is 30.2 Å². The van der Waals surface area contributed by atoms with Gasteiger partial charge in [0.25, 0.3) is 0 Å². The van der Waals surface area contributed by atoms with Gasteiger partial charge in [-0.2, -0.15) is 0 Å². The van der Waals surface area contributed by atoms with Gasteiger partial charge in [0.15, 0.2) is 0 Å². The van der Waals surface area contributed by atoms with E-state index < -0.39 is 5.97 Å². The highest BCUT2D eigenvalue weighted by Gasteiger charge is 2.16. The number of aliphatic carboxylic acids is 1. The Labute approximate surface area is 197 Å². The van der Waals surface area contributed by atoms with Crippen LogP contribution in [0.3, 0.4) is 0 Å². The maximum Gasteiger partial charge on any atom is 0.307 e. The first-order valence-electron chi connectivity index (χ1n) is 11.6. The van der Waals surface area contributed by atoms with Crippen molar-refractivity contribution in [3.05, 3.63) is 89.9 Å². The zero-order valence-corrected chi connectivity index (χ0v) is 19.0. The molecule has 0 amide bonds. The third kappa shape index (κ3) is 4.42. The second-order valence-corrected chi connectivity index (χ2v) is 8.44. The summed E-state index contributed by atoms with van der Waals surface area (Å²) in [6, 6.07) is 21.8. The average Bonchev–Trinajstić information content (AvgIpc) is 3.44. The van der Waals surface area contributed by atoms with Crippen LogP contribution in [0.15, 0.2) is 81.8 Å². The highest BCUT2D eigenvalue weighted by atomic mass is 16.5. The minimum absolute atomic E-state index is 0.00101. The number of hydrogen-bond donors (Lipinski definition) is 1. The van der Waals surface area contributed by atoms with Gasteiger partial charge in [0.1, 0.15) is 22.7 Å². The van der Waals surface area contributed by atoms with E-state index in [9.17, 15) is 4.79 Å². The molecule has 5 aromatic rings. The van der Waals surface area contributed by atoms with Gasteiger partial charge in [0, 0.05) is 28.3 Å². The number of fused-ring (bicyclic) bond motifs is 2. The van der Waals surface area contributed by atoms with Crippen LogP contribution < -0.4 is 4.74 Å². The first-order chi connectivity index (χ1) is 16.6. The van der Waals surface area contributed by atoms with Crippen molar-refractivity contribution in [2.24, 2.45) is 0 Å². The molecular weight excluding hydrogens is 428 g/mol. The lowest BCUT2D eigenvalue weighted by Gasteiger charge is -2.11. The lowest BCUT2D eigenvalue weighted by molar-refractivity contribution is -0.136. The molecule has 0 aliphatic heterocycles. The maximum atomic E-state index is 11.0. The van der Waals surface area contributed by atoms with Gasteiger partial charge in [0.05, 0.1) is 19.3 Å². The van der Waals surface area contributed by atoms with Gasteiger partial charge in [-0.1, -0.05) is 49.7 Å². The van der Waals surface area contributed by atoms with Crippen LogP contribution in [0, 0.1) is 0 Å². The highest BCUT2D eigenvalue weighted by Crippen LogP contribution is 2.37. The number of ether oxygens (including phenoxy) is 1. The number of carboxylic acid groups (broad SMARTS) is 1. The summed E-state index contributed by atoms with van der Waals surface area (Å²) in [5, 5.41) is 11.0. The molecule has 0 aliphatic carbocycles. The number of rotatable bonds is 9. The van der Waals surface area contributed by atoms with Crippen molar-refractivity contribution in [3.63, 3.8) is 0 Å². The molecule has 0 aliphatic rings. The first-order valence-corrected chi connectivity index (χ1v) is 11.6. The molecule has 5 rings (SSSR count). The Morgan fingerprint density at radius 1 is 1.00 bits per heavy atom. The molecule has 5 nitrogen and oxygen atoms in total. The van der Waals surface area contributed by atoms with E-state index in [0.717, 1.165) is 68.5 Å². The SMILES string of the molecule is CCCc1c(OCCc2cc3cc(CC(=O)O)ccc3o2)ccc2c(-c3ccccc3)coc12. The van der Waals surface area contributed by atoms with Gasteiger partial charge in [-0.3, -0.25) is 4.79 Å². The second-order valence-electron chi connectivity index (χ2n) is 8.44. The fraction of sp³-hybridized carbons (Fsp3) is 0.207. The molecule has 0 bridgehead atoms. The fourth-order valence-corrected chi connectivity index (χ4v) is 4.42. The van der Waals surface area contributed by atoms with E-state index in [-0.39, 0.29) is 6.42 Å². The Morgan fingerprint density at radius 3 is 2.65 bits per heavy atom. The van der Waals surface area contributed by atoms with Crippen LogP contribution in [0.4, 0.5) is 0 Å². The Morgan fingerprint density at radius 2 is 1.85 bits per heavy atom. The zero-order valence-electron chi connectivity index (χ0n) is 19.0. The third-order valence-corrected chi connectivity index (χ3v) is 5.98. The standard InChI is InChI=1S/C29H26O5/c1-2-6-24-27(12-10-23-25(18-33-29(23)24)20-7-4-3-5-8-20)32-14-13-22-17-21-15-19(16-28(30)31)9-11-26(21)34-22/h3-5,7-12,15,17-18H,2,6,13-14,16H2,1H3,(H,30,31). The average molecular weight is 455 g/mol. The Hall–Kier alpha value is -3.99. The summed E-state index contributed by atoms with van der Waals surface area (Å²) in [6.07, 6.45) is 4.29. The van der Waals surface area contributed by atoms with Crippen LogP contribution in [0.2, 0.25) is 0 Å². The Kier molecular flexibility index (Phi) is 6.09. The van der Waals surface area contributed by atoms with E-state index in [0.29, 0.717) is 13.0 Å². The summed E-state index contributed by atoms with van der Waals surface area (Å²) in [7, 11) is 0. The predicted octanol–water partition coefficient (Wildman–Crippen LogP) is 7.05. The normalized spacial score (nSPS) is 11.3. The third-order valence-electron chi connectivity index (χ3n) is 5.98. The molecule has 3 aromatic carbocycles. The minimum Gasteiger partial charge on any atom is -0.493 e. The number of aryl methyl sites for hydroxylation is 1. The first kappa shape index (κ1) is 21.8. The van der Waals surface area contributed by atoms with E-state index in [1.807, 2.05) is 48.7 Å². The summed E-state index contributed by atoms with van der Waals surface area (Å²) in [5.41, 5.74) is 5.70. The number of hydrogen-bond acceptors (Lipinski definition) is 4. The molecule has 2 heterocycles. The molecule has 34 heavy (non-hydrogen) atoms. The van der Waals surface area contributed by atoms with Crippen molar-refractivity contribution in [1.82, 2.24) is 0 Å². The van der Waals surface area contributed by atoms with Crippen LogP contribution in [-0.4, -0.2) is 17.7 Å². The van der Waals surface area contributed by atoms with Crippen molar-refractivity contribution in [2.75, 3.05) is 6.61 Å². The molecule has 0 atom stereocenters. The lowest BCUT2D eigenvalue weighted by Crippen LogP contribution is -2.03. The van der Waals surface area contributed by atoms with Gasteiger partial charge < -0.3 is 18.7 Å². The predicted molar refractivity (Wildman–Crippen MR) is 132 cm³/mol. The second kappa shape index (κ2) is 9.48. The van der Waals surface area contributed by atoms with Crippen molar-refractivity contribution in [3.8, 4) is 16.9 Å². The largest absolute Gasteiger partial charge is 0.493 e. The van der Waals surface area contributed by atoms with Crippen LogP contribution in [-0.2, 0) is 24.1 Å². The van der Waals surface area contributed by atoms with Crippen molar-refractivity contribution in [2.45, 2.75) is 32.6 Å². The minimum atomic E-state index is -0.844. The van der Waals surface area contributed by atoms with Gasteiger partial charge >= 0.3 is 5.97 Å². The van der Waals surface area contributed by atoms with Crippen LogP contribution >= 0.6 is 0 Å². The monoisotopic (exact) mass is 454 g/mol. The van der Waals surface area contributed by atoms with Gasteiger partial charge in [-0.15, -0.1) is 0 Å². The Balaban J connectivity index is 1.34. The summed E-state index contributed by atoms with van der Waals surface area (Å²) >= 11 is 0. The van der Waals surface area contributed by atoms with Crippen LogP contribution in [0.25, 0.3) is 33.1 Å². The van der Waals surface area contributed by atoms with E-state index in [4.69, 9.17) is 18.7 Å². The summed E-state index contributed by atoms with van der Waals surface area (Å²) < 4.78 is 18.1. The smallest absolute Gasteiger partial charge is 0.307 e. The number of benzene rings is 3. The summed E-state index contributed by atoms with van der Waals surface area (Å²) in [4.78, 5) is 11.0. The molecule has 0 unspecified atom stereocenters. The number of carbonyl (C=O) groups is 1. The van der Waals surface area contributed by atoms with E-state index in [1.54, 1.807) is 6.07 Å². The molecular formula is C29H26O5. The van der Waals surface area contributed by atoms with Crippen molar-refractivity contribution >= 4 is 27.9 Å².